The molecule has 5 heteroatoms. The molecular formula is C20H34N2O3. The number of carbonyl (C=O) groups excluding carboxylic acids is 2. The molecule has 4 saturated carbocycles. The number of rotatable bonds is 7. The van der Waals surface area contributed by atoms with Gasteiger partial charge in [-0.25, -0.2) is 0 Å². The predicted octanol–water partition coefficient (Wildman–Crippen LogP) is 2.18. The largest absolute Gasteiger partial charge is 0.395 e. The first-order valence-electron chi connectivity index (χ1n) is 10.1. The van der Waals surface area contributed by atoms with Crippen LogP contribution in [0.25, 0.3) is 0 Å². The zero-order chi connectivity index (χ0) is 18.2. The van der Waals surface area contributed by atoms with E-state index in [0.29, 0.717) is 30.8 Å². The summed E-state index contributed by atoms with van der Waals surface area (Å²) in [4.78, 5) is 27.8. The molecule has 142 valence electrons. The lowest BCUT2D eigenvalue weighted by molar-refractivity contribution is -0.150. The van der Waals surface area contributed by atoms with Gasteiger partial charge in [0.2, 0.25) is 11.8 Å². The van der Waals surface area contributed by atoms with Crippen LogP contribution in [-0.2, 0) is 9.59 Å². The van der Waals surface area contributed by atoms with Gasteiger partial charge in [-0.05, 0) is 69.1 Å². The highest BCUT2D eigenvalue weighted by molar-refractivity contribution is 5.90. The van der Waals surface area contributed by atoms with E-state index in [0.717, 1.165) is 19.3 Å². The number of hydrogen-bond acceptors (Lipinski definition) is 3. The Bertz CT molecular complexity index is 482. The fourth-order valence-electron chi connectivity index (χ4n) is 5.94. The van der Waals surface area contributed by atoms with E-state index in [9.17, 15) is 14.7 Å². The molecule has 4 fully saturated rings. The third-order valence-corrected chi connectivity index (χ3v) is 6.80. The smallest absolute Gasteiger partial charge is 0.245 e. The summed E-state index contributed by atoms with van der Waals surface area (Å²) in [6.45, 7) is 6.70. The Kier molecular flexibility index (Phi) is 5.42. The Hall–Kier alpha value is -1.10. The summed E-state index contributed by atoms with van der Waals surface area (Å²) in [6.07, 6.45) is 6.95. The number of likely N-dealkylation sites (N-methyl/N-ethyl adjacent to an activating group) is 1. The lowest BCUT2D eigenvalue weighted by atomic mass is 9.49. The van der Waals surface area contributed by atoms with Crippen LogP contribution in [0, 0.1) is 29.1 Å². The number of nitrogens with zero attached hydrogens (tertiary/aromatic N) is 1. The van der Waals surface area contributed by atoms with Gasteiger partial charge >= 0.3 is 0 Å². The fraction of sp³-hybridized carbons (Fsp3) is 0.900. The number of aliphatic hydroxyl groups excluding tert-OH is 1. The fourth-order valence-corrected chi connectivity index (χ4v) is 5.94. The van der Waals surface area contributed by atoms with Crippen molar-refractivity contribution in [2.24, 2.45) is 29.1 Å². The van der Waals surface area contributed by atoms with E-state index in [1.165, 1.54) is 19.3 Å². The van der Waals surface area contributed by atoms with Gasteiger partial charge < -0.3 is 15.3 Å². The molecule has 4 rings (SSSR count). The highest BCUT2D eigenvalue weighted by Crippen LogP contribution is 2.60. The summed E-state index contributed by atoms with van der Waals surface area (Å²) in [6, 6.07) is -0.494. The Morgan fingerprint density at radius 3 is 2.04 bits per heavy atom. The van der Waals surface area contributed by atoms with E-state index in [2.05, 4.69) is 5.32 Å². The van der Waals surface area contributed by atoms with E-state index in [1.807, 2.05) is 20.8 Å². The van der Waals surface area contributed by atoms with E-state index < -0.39 is 6.04 Å². The van der Waals surface area contributed by atoms with Crippen LogP contribution < -0.4 is 5.32 Å². The molecule has 2 N–H and O–H groups in total. The van der Waals surface area contributed by atoms with Crippen LogP contribution in [0.15, 0.2) is 0 Å². The van der Waals surface area contributed by atoms with Crippen LogP contribution in [0.2, 0.25) is 0 Å². The van der Waals surface area contributed by atoms with Crippen molar-refractivity contribution < 1.29 is 14.7 Å². The van der Waals surface area contributed by atoms with Gasteiger partial charge in [-0.3, -0.25) is 9.59 Å². The van der Waals surface area contributed by atoms with Crippen molar-refractivity contribution in [3.63, 3.8) is 0 Å². The minimum Gasteiger partial charge on any atom is -0.395 e. The third kappa shape index (κ3) is 3.57. The molecule has 0 saturated heterocycles. The molecular weight excluding hydrogens is 316 g/mol. The van der Waals surface area contributed by atoms with E-state index in [4.69, 9.17) is 0 Å². The molecule has 0 heterocycles. The lowest BCUT2D eigenvalue weighted by Crippen LogP contribution is -2.59. The average Bonchev–Trinajstić information content (AvgIpc) is 2.55. The van der Waals surface area contributed by atoms with Gasteiger partial charge in [-0.15, -0.1) is 0 Å². The summed E-state index contributed by atoms with van der Waals surface area (Å²) in [5.74, 6) is 2.23. The predicted molar refractivity (Wildman–Crippen MR) is 96.7 cm³/mol. The Balaban J connectivity index is 1.72. The second-order valence-corrected chi connectivity index (χ2v) is 9.03. The standard InChI is InChI=1S/C20H34N2O3/c1-4-22(5-6-23)18(24)17(13(2)3)21-19(25)20-10-14-7-15(11-20)9-16(8-14)12-20/h13-17,23H,4-12H2,1-3H3,(H,21,25). The summed E-state index contributed by atoms with van der Waals surface area (Å²) < 4.78 is 0. The molecule has 4 bridgehead atoms. The normalized spacial score (nSPS) is 34.2. The van der Waals surface area contributed by atoms with Crippen molar-refractivity contribution in [1.29, 1.82) is 0 Å². The van der Waals surface area contributed by atoms with Crippen molar-refractivity contribution in [3.8, 4) is 0 Å². The molecule has 1 atom stereocenters. The molecule has 0 aromatic heterocycles. The molecule has 4 aliphatic rings. The molecule has 1 unspecified atom stereocenters. The van der Waals surface area contributed by atoms with Gasteiger partial charge in [0.05, 0.1) is 6.61 Å². The molecule has 0 aliphatic heterocycles. The van der Waals surface area contributed by atoms with Gasteiger partial charge in [0, 0.05) is 18.5 Å². The van der Waals surface area contributed by atoms with Crippen LogP contribution in [0.5, 0.6) is 0 Å². The SMILES string of the molecule is CCN(CCO)C(=O)C(NC(=O)C12CC3CC(CC(C3)C1)C2)C(C)C. The number of aliphatic hydroxyl groups is 1. The third-order valence-electron chi connectivity index (χ3n) is 6.80. The second kappa shape index (κ2) is 7.26. The quantitative estimate of drug-likeness (QED) is 0.739. The molecule has 5 nitrogen and oxygen atoms in total. The number of carbonyl (C=O) groups is 2. The van der Waals surface area contributed by atoms with Crippen molar-refractivity contribution >= 4 is 11.8 Å². The van der Waals surface area contributed by atoms with Gasteiger partial charge in [0.25, 0.3) is 0 Å². The Morgan fingerprint density at radius 1 is 1.12 bits per heavy atom. The van der Waals surface area contributed by atoms with Crippen LogP contribution in [0.3, 0.4) is 0 Å². The lowest BCUT2D eigenvalue weighted by Gasteiger charge is -2.56. The molecule has 0 spiro atoms. The van der Waals surface area contributed by atoms with Gasteiger partial charge in [-0.2, -0.15) is 0 Å². The molecule has 0 radical (unpaired) electrons. The van der Waals surface area contributed by atoms with Crippen molar-refractivity contribution in [3.05, 3.63) is 0 Å². The highest BCUT2D eigenvalue weighted by Gasteiger charge is 2.55. The van der Waals surface area contributed by atoms with E-state index in [1.54, 1.807) is 4.90 Å². The number of nitrogens with one attached hydrogen (secondary N) is 1. The number of amides is 2. The van der Waals surface area contributed by atoms with Crippen LogP contribution >= 0.6 is 0 Å². The van der Waals surface area contributed by atoms with E-state index in [-0.39, 0.29) is 29.8 Å². The van der Waals surface area contributed by atoms with Crippen molar-refractivity contribution in [2.45, 2.75) is 65.3 Å². The molecule has 25 heavy (non-hydrogen) atoms. The first kappa shape index (κ1) is 18.7. The summed E-state index contributed by atoms with van der Waals surface area (Å²) in [5.41, 5.74) is -0.226. The summed E-state index contributed by atoms with van der Waals surface area (Å²) in [7, 11) is 0. The Morgan fingerprint density at radius 2 is 1.64 bits per heavy atom. The topological polar surface area (TPSA) is 69.6 Å². The van der Waals surface area contributed by atoms with Crippen molar-refractivity contribution in [1.82, 2.24) is 10.2 Å². The molecule has 4 aliphatic carbocycles. The number of hydrogen-bond donors (Lipinski definition) is 2. The van der Waals surface area contributed by atoms with Crippen molar-refractivity contribution in [2.75, 3.05) is 19.7 Å². The first-order chi connectivity index (χ1) is 11.9. The van der Waals surface area contributed by atoms with Crippen LogP contribution in [0.1, 0.15) is 59.3 Å². The van der Waals surface area contributed by atoms with Gasteiger partial charge in [0.1, 0.15) is 6.04 Å². The summed E-state index contributed by atoms with van der Waals surface area (Å²) >= 11 is 0. The molecule has 0 aromatic rings. The summed E-state index contributed by atoms with van der Waals surface area (Å²) in [5, 5.41) is 12.3. The first-order valence-corrected chi connectivity index (χ1v) is 10.1. The Labute approximate surface area is 151 Å². The maximum absolute atomic E-state index is 13.3. The molecule has 2 amide bonds. The molecule has 0 aromatic carbocycles. The minimum absolute atomic E-state index is 0.0399. The zero-order valence-corrected chi connectivity index (χ0v) is 16.0. The van der Waals surface area contributed by atoms with Gasteiger partial charge in [0.15, 0.2) is 0 Å². The minimum atomic E-state index is -0.494. The maximum atomic E-state index is 13.3. The van der Waals surface area contributed by atoms with E-state index >= 15 is 0 Å². The highest BCUT2D eigenvalue weighted by atomic mass is 16.3. The monoisotopic (exact) mass is 350 g/mol. The average molecular weight is 351 g/mol. The van der Waals surface area contributed by atoms with Crippen LogP contribution in [0.4, 0.5) is 0 Å². The van der Waals surface area contributed by atoms with Gasteiger partial charge in [-0.1, -0.05) is 13.8 Å². The second-order valence-electron chi connectivity index (χ2n) is 9.03. The maximum Gasteiger partial charge on any atom is 0.245 e. The zero-order valence-electron chi connectivity index (χ0n) is 16.0. The van der Waals surface area contributed by atoms with Crippen LogP contribution in [-0.4, -0.2) is 47.6 Å².